The minimum atomic E-state index is -0.315. The van der Waals surface area contributed by atoms with Crippen LogP contribution < -0.4 is 5.32 Å². The maximum absolute atomic E-state index is 13.8. The third-order valence-corrected chi connectivity index (χ3v) is 4.75. The van der Waals surface area contributed by atoms with Crippen molar-refractivity contribution in [2.24, 2.45) is 0 Å². The number of likely N-dealkylation sites (N-methyl/N-ethyl adjacent to an activating group) is 1. The highest BCUT2D eigenvalue weighted by Gasteiger charge is 2.19. The molecule has 1 unspecified atom stereocenters. The van der Waals surface area contributed by atoms with Crippen molar-refractivity contribution in [1.29, 1.82) is 0 Å². The van der Waals surface area contributed by atoms with Crippen LogP contribution in [0.25, 0.3) is 0 Å². The Bertz CT molecular complexity index is 565. The molecule has 0 spiro atoms. The van der Waals surface area contributed by atoms with Crippen LogP contribution in [0.2, 0.25) is 13.7 Å². The number of hydrogen-bond donors (Lipinski definition) is 1. The van der Waals surface area contributed by atoms with E-state index in [0.717, 1.165) is 5.56 Å². The van der Waals surface area contributed by atoms with Crippen LogP contribution in [0.1, 0.15) is 17.2 Å². The smallest absolute Gasteiger partial charge is 0.127 e. The first-order valence-corrected chi connectivity index (χ1v) is 7.53. The first-order valence-electron chi connectivity index (χ1n) is 5.57. The summed E-state index contributed by atoms with van der Waals surface area (Å²) in [4.78, 5) is 0. The molecule has 0 bridgehead atoms. The molecule has 0 amide bonds. The Labute approximate surface area is 130 Å². The second-order valence-electron chi connectivity index (χ2n) is 4.03. The maximum Gasteiger partial charge on any atom is 0.127 e. The van der Waals surface area contributed by atoms with Crippen LogP contribution in [0.3, 0.4) is 0 Å². The molecule has 1 heterocycles. The maximum atomic E-state index is 13.8. The van der Waals surface area contributed by atoms with Crippen LogP contribution in [0.4, 0.5) is 4.39 Å². The highest BCUT2D eigenvalue weighted by Crippen LogP contribution is 2.37. The zero-order chi connectivity index (χ0) is 14.0. The number of thiophene rings is 1. The zero-order valence-electron chi connectivity index (χ0n) is 10.0. The lowest BCUT2D eigenvalue weighted by Crippen LogP contribution is -2.19. The molecular weight excluding hydrogens is 328 g/mol. The second-order valence-corrected chi connectivity index (χ2v) is 6.72. The largest absolute Gasteiger partial charge is 0.313 e. The lowest BCUT2D eigenvalue weighted by molar-refractivity contribution is 0.555. The van der Waals surface area contributed by atoms with Crippen LogP contribution in [0.15, 0.2) is 24.3 Å². The van der Waals surface area contributed by atoms with Gasteiger partial charge in [-0.05, 0) is 31.7 Å². The van der Waals surface area contributed by atoms with E-state index in [0.29, 0.717) is 25.7 Å². The summed E-state index contributed by atoms with van der Waals surface area (Å²) in [5, 5.41) is 3.53. The van der Waals surface area contributed by atoms with E-state index in [1.165, 1.54) is 17.4 Å². The number of benzene rings is 1. The first kappa shape index (κ1) is 15.1. The third kappa shape index (κ3) is 3.41. The van der Waals surface area contributed by atoms with Gasteiger partial charge in [-0.15, -0.1) is 11.3 Å². The Morgan fingerprint density at radius 3 is 2.58 bits per heavy atom. The topological polar surface area (TPSA) is 12.0 Å². The van der Waals surface area contributed by atoms with Crippen LogP contribution in [0.5, 0.6) is 0 Å². The molecular formula is C13H11Cl3FNS. The quantitative estimate of drug-likeness (QED) is 0.792. The molecule has 2 rings (SSSR count). The van der Waals surface area contributed by atoms with Crippen molar-refractivity contribution in [3.8, 4) is 0 Å². The van der Waals surface area contributed by atoms with Gasteiger partial charge in [0.2, 0.25) is 0 Å². The van der Waals surface area contributed by atoms with E-state index in [-0.39, 0.29) is 11.9 Å². The van der Waals surface area contributed by atoms with Crippen molar-refractivity contribution in [3.63, 3.8) is 0 Å². The SMILES string of the molecule is CNC(Cc1c(F)cccc1Cl)c1cc(Cl)sc1Cl. The summed E-state index contributed by atoms with van der Waals surface area (Å²) in [5.74, 6) is -0.315. The number of hydrogen-bond acceptors (Lipinski definition) is 2. The van der Waals surface area contributed by atoms with Crippen molar-refractivity contribution in [3.05, 3.63) is 54.9 Å². The van der Waals surface area contributed by atoms with Gasteiger partial charge < -0.3 is 5.32 Å². The minimum absolute atomic E-state index is 0.134. The van der Waals surface area contributed by atoms with E-state index in [1.54, 1.807) is 25.2 Å². The summed E-state index contributed by atoms with van der Waals surface area (Å²) >= 11 is 19.4. The second kappa shape index (κ2) is 6.42. The van der Waals surface area contributed by atoms with Gasteiger partial charge in [-0.1, -0.05) is 40.9 Å². The Kier molecular flexibility index (Phi) is 5.09. The van der Waals surface area contributed by atoms with Crippen LogP contribution in [-0.2, 0) is 6.42 Å². The lowest BCUT2D eigenvalue weighted by Gasteiger charge is -2.17. The molecule has 1 N–H and O–H groups in total. The summed E-state index contributed by atoms with van der Waals surface area (Å²) in [6.45, 7) is 0. The molecule has 0 radical (unpaired) electrons. The standard InChI is InChI=1S/C13H11Cl3FNS/c1-18-11(8-6-12(15)19-13(8)16)5-7-9(14)3-2-4-10(7)17/h2-4,6,11,18H,5H2,1H3. The van der Waals surface area contributed by atoms with E-state index < -0.39 is 0 Å². The van der Waals surface area contributed by atoms with Crippen molar-refractivity contribution >= 4 is 46.1 Å². The molecule has 0 saturated heterocycles. The molecule has 1 atom stereocenters. The molecule has 0 aliphatic rings. The molecule has 19 heavy (non-hydrogen) atoms. The minimum Gasteiger partial charge on any atom is -0.313 e. The van der Waals surface area contributed by atoms with Gasteiger partial charge in [0.25, 0.3) is 0 Å². The predicted molar refractivity (Wildman–Crippen MR) is 81.3 cm³/mol. The average Bonchev–Trinajstić information content (AvgIpc) is 2.68. The summed E-state index contributed by atoms with van der Waals surface area (Å²) in [7, 11) is 1.79. The number of nitrogens with one attached hydrogen (secondary N) is 1. The highest BCUT2D eigenvalue weighted by atomic mass is 35.5. The molecule has 0 aliphatic heterocycles. The lowest BCUT2D eigenvalue weighted by atomic mass is 10.0. The fourth-order valence-electron chi connectivity index (χ4n) is 1.89. The average molecular weight is 339 g/mol. The highest BCUT2D eigenvalue weighted by molar-refractivity contribution is 7.20. The van der Waals surface area contributed by atoms with Crippen molar-refractivity contribution in [1.82, 2.24) is 5.32 Å². The molecule has 2 aromatic rings. The number of halogens is 4. The monoisotopic (exact) mass is 337 g/mol. The van der Waals surface area contributed by atoms with Crippen LogP contribution in [-0.4, -0.2) is 7.05 Å². The van der Waals surface area contributed by atoms with Gasteiger partial charge in [0.1, 0.15) is 5.82 Å². The van der Waals surface area contributed by atoms with Gasteiger partial charge in [0, 0.05) is 22.2 Å². The van der Waals surface area contributed by atoms with Gasteiger partial charge in [-0.3, -0.25) is 0 Å². The molecule has 0 fully saturated rings. The van der Waals surface area contributed by atoms with E-state index in [1.807, 2.05) is 0 Å². The van der Waals surface area contributed by atoms with Gasteiger partial charge in [-0.2, -0.15) is 0 Å². The third-order valence-electron chi connectivity index (χ3n) is 2.88. The van der Waals surface area contributed by atoms with E-state index >= 15 is 0 Å². The van der Waals surface area contributed by atoms with E-state index in [2.05, 4.69) is 5.32 Å². The van der Waals surface area contributed by atoms with Crippen molar-refractivity contribution < 1.29 is 4.39 Å². The number of rotatable bonds is 4. The first-order chi connectivity index (χ1) is 9.02. The molecule has 0 aliphatic carbocycles. The molecule has 6 heteroatoms. The molecule has 1 aromatic heterocycles. The Hall–Kier alpha value is -0.320. The van der Waals surface area contributed by atoms with Crippen molar-refractivity contribution in [2.75, 3.05) is 7.05 Å². The van der Waals surface area contributed by atoms with Gasteiger partial charge in [0.15, 0.2) is 0 Å². The fraction of sp³-hybridized carbons (Fsp3) is 0.231. The van der Waals surface area contributed by atoms with Crippen LogP contribution in [0, 0.1) is 5.82 Å². The summed E-state index contributed by atoms with van der Waals surface area (Å²) < 4.78 is 15.0. The zero-order valence-corrected chi connectivity index (χ0v) is 13.1. The molecule has 1 nitrogen and oxygen atoms in total. The summed E-state index contributed by atoms with van der Waals surface area (Å²) in [6, 6.07) is 6.32. The Balaban J connectivity index is 2.32. The molecule has 1 aromatic carbocycles. The van der Waals surface area contributed by atoms with Gasteiger partial charge >= 0.3 is 0 Å². The summed E-state index contributed by atoms with van der Waals surface area (Å²) in [5.41, 5.74) is 1.33. The molecule has 102 valence electrons. The van der Waals surface area contributed by atoms with E-state index in [4.69, 9.17) is 34.8 Å². The van der Waals surface area contributed by atoms with Gasteiger partial charge in [-0.25, -0.2) is 4.39 Å². The van der Waals surface area contributed by atoms with Gasteiger partial charge in [0.05, 0.1) is 8.67 Å². The normalized spacial score (nSPS) is 12.7. The fourth-order valence-corrected chi connectivity index (χ4v) is 3.71. The summed E-state index contributed by atoms with van der Waals surface area (Å²) in [6.07, 6.45) is 0.411. The van der Waals surface area contributed by atoms with E-state index in [9.17, 15) is 4.39 Å². The predicted octanol–water partition coefficient (Wildman–Crippen LogP) is 5.35. The van der Waals surface area contributed by atoms with Crippen LogP contribution >= 0.6 is 46.1 Å². The Morgan fingerprint density at radius 2 is 2.05 bits per heavy atom. The van der Waals surface area contributed by atoms with Crippen molar-refractivity contribution in [2.45, 2.75) is 12.5 Å². The molecule has 0 saturated carbocycles. The Morgan fingerprint density at radius 1 is 1.32 bits per heavy atom.